The molecule has 1 atom stereocenters. The topological polar surface area (TPSA) is 60.9 Å². The Balaban J connectivity index is 2.39. The van der Waals surface area contributed by atoms with Crippen LogP contribution in [0.4, 0.5) is 0 Å². The van der Waals surface area contributed by atoms with Gasteiger partial charge in [-0.05, 0) is 50.6 Å². The molecule has 0 saturated heterocycles. The van der Waals surface area contributed by atoms with Crippen molar-refractivity contribution in [1.29, 1.82) is 0 Å². The van der Waals surface area contributed by atoms with E-state index in [-0.39, 0.29) is 11.8 Å². The van der Waals surface area contributed by atoms with Gasteiger partial charge in [-0.25, -0.2) is 0 Å². The number of hydrazine groups is 1. The Morgan fingerprint density at radius 2 is 1.43 bits per heavy atom. The number of hydrogen-bond acceptors (Lipinski definition) is 4. The van der Waals surface area contributed by atoms with Gasteiger partial charge in [0.1, 0.15) is 11.7 Å². The predicted molar refractivity (Wildman–Crippen MR) is 109 cm³/mol. The summed E-state index contributed by atoms with van der Waals surface area (Å²) in [5.74, 6) is -2.18. The number of nitrogens with zero attached hydrogens (tertiary/aromatic N) is 2. The number of carbonyl (C=O) groups is 2. The van der Waals surface area contributed by atoms with E-state index in [0.717, 1.165) is 5.56 Å². The summed E-state index contributed by atoms with van der Waals surface area (Å²) in [7, 11) is 0. The van der Waals surface area contributed by atoms with E-state index in [1.807, 2.05) is 13.8 Å². The van der Waals surface area contributed by atoms with Crippen molar-refractivity contribution in [2.75, 3.05) is 0 Å². The maximum atomic E-state index is 12.9. The van der Waals surface area contributed by atoms with Gasteiger partial charge >= 0.3 is 0 Å². The minimum atomic E-state index is -1.13. The van der Waals surface area contributed by atoms with Gasteiger partial charge < -0.3 is 0 Å². The highest BCUT2D eigenvalue weighted by atomic mass is 35.5. The fraction of sp³-hybridized carbons (Fsp3) is 0.238. The lowest BCUT2D eigenvalue weighted by atomic mass is 9.83. The lowest BCUT2D eigenvalue weighted by molar-refractivity contribution is -0.231. The first-order valence-electron chi connectivity index (χ1n) is 8.81. The molecule has 28 heavy (non-hydrogen) atoms. The fourth-order valence-electron chi connectivity index (χ4n) is 3.38. The molecule has 0 fully saturated rings. The Bertz CT molecular complexity index is 937. The molecule has 0 radical (unpaired) electrons. The van der Waals surface area contributed by atoms with Gasteiger partial charge in [-0.1, -0.05) is 47.5 Å². The zero-order valence-corrected chi connectivity index (χ0v) is 17.2. The minimum Gasteiger partial charge on any atom is -0.299 e. The van der Waals surface area contributed by atoms with Crippen molar-refractivity contribution in [1.82, 2.24) is 10.2 Å². The SMILES string of the molecule is CC(=O)C1C(=O)N(O)N(C(C)C)C(c2ccc(Cl)cc2)=C1c1ccc(Cl)cc1. The summed E-state index contributed by atoms with van der Waals surface area (Å²) in [6, 6.07) is 13.7. The maximum absolute atomic E-state index is 12.9. The average Bonchev–Trinajstić information content (AvgIpc) is 2.64. The zero-order valence-electron chi connectivity index (χ0n) is 15.7. The Hall–Kier alpha value is -2.34. The summed E-state index contributed by atoms with van der Waals surface area (Å²) in [5, 5.41) is 13.7. The van der Waals surface area contributed by atoms with Crippen molar-refractivity contribution >= 4 is 46.2 Å². The molecule has 5 nitrogen and oxygen atoms in total. The standard InChI is InChI=1S/C21H20Cl2N2O3/c1-12(2)24-20(15-6-10-17(23)11-7-15)19(14-4-8-16(22)9-5-14)18(13(3)26)21(27)25(24)28/h4-12,18,28H,1-3H3. The van der Waals surface area contributed by atoms with Gasteiger partial charge in [0.15, 0.2) is 0 Å². The number of hydroxylamine groups is 1. The molecule has 1 aliphatic rings. The quantitative estimate of drug-likeness (QED) is 0.564. The number of Topliss-reactive ketones (excluding diaryl/α,β-unsaturated/α-hetero) is 1. The molecule has 7 heteroatoms. The van der Waals surface area contributed by atoms with Crippen molar-refractivity contribution < 1.29 is 14.8 Å². The minimum absolute atomic E-state index is 0.255. The Morgan fingerprint density at radius 1 is 0.964 bits per heavy atom. The van der Waals surface area contributed by atoms with Crippen LogP contribution in [-0.4, -0.2) is 33.1 Å². The molecule has 0 aromatic heterocycles. The second-order valence-corrected chi connectivity index (χ2v) is 7.76. The number of carbonyl (C=O) groups excluding carboxylic acids is 2. The van der Waals surface area contributed by atoms with E-state index in [9.17, 15) is 14.8 Å². The van der Waals surface area contributed by atoms with Crippen LogP contribution in [0, 0.1) is 5.92 Å². The van der Waals surface area contributed by atoms with Crippen LogP contribution in [0.1, 0.15) is 31.9 Å². The summed E-state index contributed by atoms with van der Waals surface area (Å²) >= 11 is 12.1. The molecule has 1 aliphatic heterocycles. The number of benzene rings is 2. The highest BCUT2D eigenvalue weighted by Gasteiger charge is 2.43. The molecule has 2 aromatic carbocycles. The Labute approximate surface area is 173 Å². The van der Waals surface area contributed by atoms with E-state index < -0.39 is 11.8 Å². The van der Waals surface area contributed by atoms with E-state index in [4.69, 9.17) is 23.2 Å². The Morgan fingerprint density at radius 3 is 1.86 bits per heavy atom. The van der Waals surface area contributed by atoms with E-state index in [1.165, 1.54) is 11.9 Å². The van der Waals surface area contributed by atoms with Crippen molar-refractivity contribution in [3.63, 3.8) is 0 Å². The average molecular weight is 419 g/mol. The monoisotopic (exact) mass is 418 g/mol. The van der Waals surface area contributed by atoms with Crippen LogP contribution < -0.4 is 0 Å². The molecule has 0 saturated carbocycles. The molecule has 1 amide bonds. The van der Waals surface area contributed by atoms with E-state index in [1.54, 1.807) is 48.5 Å². The van der Waals surface area contributed by atoms with Crippen molar-refractivity contribution in [3.05, 3.63) is 69.7 Å². The number of halogens is 2. The molecule has 0 aliphatic carbocycles. The summed E-state index contributed by atoms with van der Waals surface area (Å²) in [4.78, 5) is 25.3. The first-order valence-corrected chi connectivity index (χ1v) is 9.56. The summed E-state index contributed by atoms with van der Waals surface area (Å²) < 4.78 is 0. The van der Waals surface area contributed by atoms with E-state index in [2.05, 4.69) is 0 Å². The van der Waals surface area contributed by atoms with Crippen LogP contribution in [0.5, 0.6) is 0 Å². The van der Waals surface area contributed by atoms with E-state index >= 15 is 0 Å². The number of rotatable bonds is 4. The van der Waals surface area contributed by atoms with Gasteiger partial charge in [0.05, 0.1) is 5.70 Å². The molecule has 1 heterocycles. The van der Waals surface area contributed by atoms with Crippen LogP contribution in [0.2, 0.25) is 10.0 Å². The van der Waals surface area contributed by atoms with Crippen molar-refractivity contribution in [3.8, 4) is 0 Å². The Kier molecular flexibility index (Phi) is 5.79. The second kappa shape index (κ2) is 7.95. The maximum Gasteiger partial charge on any atom is 0.281 e. The van der Waals surface area contributed by atoms with Crippen LogP contribution in [-0.2, 0) is 9.59 Å². The molecule has 2 aromatic rings. The van der Waals surface area contributed by atoms with Gasteiger partial charge in [0.25, 0.3) is 5.91 Å². The molecule has 1 unspecified atom stereocenters. The molecule has 0 spiro atoms. The van der Waals surface area contributed by atoms with Crippen LogP contribution in [0.25, 0.3) is 11.3 Å². The number of ketones is 1. The fourth-order valence-corrected chi connectivity index (χ4v) is 3.63. The first kappa shape index (κ1) is 20.4. The number of amides is 1. The van der Waals surface area contributed by atoms with Crippen LogP contribution >= 0.6 is 23.2 Å². The second-order valence-electron chi connectivity index (χ2n) is 6.89. The summed E-state index contributed by atoms with van der Waals surface area (Å²) in [5.41, 5.74) is 2.49. The molecule has 1 N–H and O–H groups in total. The third kappa shape index (κ3) is 3.65. The summed E-state index contributed by atoms with van der Waals surface area (Å²) in [6.45, 7) is 5.04. The highest BCUT2D eigenvalue weighted by molar-refractivity contribution is 6.31. The molecular formula is C21H20Cl2N2O3. The third-order valence-corrected chi connectivity index (χ3v) is 5.09. The molecule has 3 rings (SSSR count). The van der Waals surface area contributed by atoms with Gasteiger partial charge in [0, 0.05) is 27.2 Å². The third-order valence-electron chi connectivity index (χ3n) is 4.59. The van der Waals surface area contributed by atoms with Crippen molar-refractivity contribution in [2.24, 2.45) is 5.92 Å². The van der Waals surface area contributed by atoms with Gasteiger partial charge in [-0.15, -0.1) is 5.17 Å². The number of hydrogen-bond donors (Lipinski definition) is 1. The first-order chi connectivity index (χ1) is 13.2. The normalized spacial score (nSPS) is 17.5. The van der Waals surface area contributed by atoms with Gasteiger partial charge in [-0.2, -0.15) is 0 Å². The molecule has 146 valence electrons. The zero-order chi connectivity index (χ0) is 20.6. The smallest absolute Gasteiger partial charge is 0.281 e. The van der Waals surface area contributed by atoms with Gasteiger partial charge in [0.2, 0.25) is 0 Å². The lowest BCUT2D eigenvalue weighted by Gasteiger charge is -2.43. The largest absolute Gasteiger partial charge is 0.299 e. The predicted octanol–water partition coefficient (Wildman–Crippen LogP) is 4.92. The van der Waals surface area contributed by atoms with Crippen LogP contribution in [0.15, 0.2) is 48.5 Å². The highest BCUT2D eigenvalue weighted by Crippen LogP contribution is 2.41. The van der Waals surface area contributed by atoms with E-state index in [0.29, 0.717) is 32.1 Å². The van der Waals surface area contributed by atoms with Gasteiger partial charge in [-0.3, -0.25) is 19.8 Å². The lowest BCUT2D eigenvalue weighted by Crippen LogP contribution is -2.54. The van der Waals surface area contributed by atoms with Crippen molar-refractivity contribution in [2.45, 2.75) is 26.8 Å². The van der Waals surface area contributed by atoms with Crippen LogP contribution in [0.3, 0.4) is 0 Å². The molecule has 0 bridgehead atoms. The summed E-state index contributed by atoms with van der Waals surface area (Å²) in [6.07, 6.45) is 0. The molecular weight excluding hydrogens is 399 g/mol.